The highest BCUT2D eigenvalue weighted by Crippen LogP contribution is 2.35. The highest BCUT2D eigenvalue weighted by Gasteiger charge is 2.19. The Bertz CT molecular complexity index is 601. The molecule has 2 rings (SSSR count). The first kappa shape index (κ1) is 11.8. The molecule has 0 spiro atoms. The standard InChI is InChI=1S/C11H8Cl3NO/c1-5(16)9-7-3-6(12)4-8(13)10(7)15(2)11(9)14/h3-4H,1-2H3. The summed E-state index contributed by atoms with van der Waals surface area (Å²) in [7, 11) is 1.76. The van der Waals surface area contributed by atoms with Crippen LogP contribution in [0.3, 0.4) is 0 Å². The van der Waals surface area contributed by atoms with E-state index >= 15 is 0 Å². The fourth-order valence-electron chi connectivity index (χ4n) is 1.81. The van der Waals surface area contributed by atoms with E-state index in [2.05, 4.69) is 0 Å². The summed E-state index contributed by atoms with van der Waals surface area (Å²) < 4.78 is 1.69. The number of hydrogen-bond donors (Lipinski definition) is 0. The molecule has 2 aromatic rings. The number of fused-ring (bicyclic) bond motifs is 1. The Hall–Kier alpha value is -0.700. The lowest BCUT2D eigenvalue weighted by molar-refractivity contribution is 0.101. The lowest BCUT2D eigenvalue weighted by Gasteiger charge is -2.00. The monoisotopic (exact) mass is 275 g/mol. The molecule has 0 aliphatic carbocycles. The van der Waals surface area contributed by atoms with Crippen molar-refractivity contribution in [3.05, 3.63) is 32.9 Å². The van der Waals surface area contributed by atoms with Crippen molar-refractivity contribution in [3.63, 3.8) is 0 Å². The van der Waals surface area contributed by atoms with Crippen molar-refractivity contribution in [1.29, 1.82) is 0 Å². The molecule has 0 bridgehead atoms. The lowest BCUT2D eigenvalue weighted by Crippen LogP contribution is -1.92. The zero-order valence-corrected chi connectivity index (χ0v) is 10.9. The molecule has 5 heteroatoms. The van der Waals surface area contributed by atoms with Gasteiger partial charge < -0.3 is 4.57 Å². The smallest absolute Gasteiger partial charge is 0.163 e. The second-order valence-corrected chi connectivity index (χ2v) is 4.77. The quantitative estimate of drug-likeness (QED) is 0.710. The first-order valence-electron chi connectivity index (χ1n) is 4.57. The Kier molecular flexibility index (Phi) is 2.91. The van der Waals surface area contributed by atoms with Crippen LogP contribution in [-0.4, -0.2) is 10.4 Å². The van der Waals surface area contributed by atoms with Crippen molar-refractivity contribution in [1.82, 2.24) is 4.57 Å². The molecule has 0 amide bonds. The maximum absolute atomic E-state index is 11.5. The molecule has 1 heterocycles. The number of rotatable bonds is 1. The van der Waals surface area contributed by atoms with Gasteiger partial charge in [0.05, 0.1) is 16.1 Å². The Balaban J connectivity index is 3.02. The molecule has 1 aromatic heterocycles. The predicted octanol–water partition coefficient (Wildman–Crippen LogP) is 4.34. The van der Waals surface area contributed by atoms with E-state index in [0.29, 0.717) is 26.1 Å². The lowest BCUT2D eigenvalue weighted by atomic mass is 10.1. The van der Waals surface area contributed by atoms with Gasteiger partial charge in [-0.25, -0.2) is 0 Å². The van der Waals surface area contributed by atoms with Crippen LogP contribution in [0.2, 0.25) is 15.2 Å². The van der Waals surface area contributed by atoms with E-state index in [9.17, 15) is 4.79 Å². The molecule has 0 aliphatic rings. The SMILES string of the molecule is CC(=O)c1c(Cl)n(C)c2c(Cl)cc(Cl)cc12. The Morgan fingerprint density at radius 2 is 1.88 bits per heavy atom. The maximum Gasteiger partial charge on any atom is 0.163 e. The third-order valence-corrected chi connectivity index (χ3v) is 3.43. The van der Waals surface area contributed by atoms with E-state index < -0.39 is 0 Å². The molecule has 0 saturated carbocycles. The van der Waals surface area contributed by atoms with E-state index in [4.69, 9.17) is 34.8 Å². The van der Waals surface area contributed by atoms with Crippen LogP contribution < -0.4 is 0 Å². The number of aryl methyl sites for hydroxylation is 1. The van der Waals surface area contributed by atoms with E-state index in [1.54, 1.807) is 23.7 Å². The normalized spacial score (nSPS) is 11.1. The van der Waals surface area contributed by atoms with Crippen molar-refractivity contribution < 1.29 is 4.79 Å². The average molecular weight is 277 g/mol. The molecular formula is C11H8Cl3NO. The number of carbonyl (C=O) groups excluding carboxylic acids is 1. The highest BCUT2D eigenvalue weighted by atomic mass is 35.5. The van der Waals surface area contributed by atoms with Gasteiger partial charge in [0.15, 0.2) is 5.78 Å². The van der Waals surface area contributed by atoms with Gasteiger partial charge in [-0.05, 0) is 19.1 Å². The van der Waals surface area contributed by atoms with Crippen molar-refractivity contribution in [2.75, 3.05) is 0 Å². The second-order valence-electron chi connectivity index (χ2n) is 3.56. The van der Waals surface area contributed by atoms with Crippen LogP contribution in [0.1, 0.15) is 17.3 Å². The minimum atomic E-state index is -0.103. The number of Topliss-reactive ketones (excluding diaryl/α,β-unsaturated/α-hetero) is 1. The van der Waals surface area contributed by atoms with E-state index in [1.807, 2.05) is 0 Å². The molecule has 0 N–H and O–H groups in total. The fraction of sp³-hybridized carbons (Fsp3) is 0.182. The Morgan fingerprint density at radius 3 is 2.44 bits per heavy atom. The van der Waals surface area contributed by atoms with Crippen LogP contribution in [0.15, 0.2) is 12.1 Å². The number of nitrogens with zero attached hydrogens (tertiary/aromatic N) is 1. The third kappa shape index (κ3) is 1.61. The van der Waals surface area contributed by atoms with Gasteiger partial charge in [-0.1, -0.05) is 34.8 Å². The first-order valence-corrected chi connectivity index (χ1v) is 5.70. The molecular weight excluding hydrogens is 268 g/mol. The van der Waals surface area contributed by atoms with Crippen molar-refractivity contribution in [3.8, 4) is 0 Å². The first-order chi connectivity index (χ1) is 7.43. The minimum Gasteiger partial charge on any atom is -0.333 e. The average Bonchev–Trinajstić information content (AvgIpc) is 2.38. The molecule has 16 heavy (non-hydrogen) atoms. The molecule has 0 saturated heterocycles. The van der Waals surface area contributed by atoms with Crippen LogP contribution in [0.5, 0.6) is 0 Å². The number of hydrogen-bond acceptors (Lipinski definition) is 1. The summed E-state index contributed by atoms with van der Waals surface area (Å²) in [5.74, 6) is -0.103. The third-order valence-electron chi connectivity index (χ3n) is 2.49. The zero-order valence-electron chi connectivity index (χ0n) is 8.64. The van der Waals surface area contributed by atoms with Crippen LogP contribution in [0.25, 0.3) is 10.9 Å². The van der Waals surface area contributed by atoms with Gasteiger partial charge in [0.1, 0.15) is 5.15 Å². The zero-order chi connectivity index (χ0) is 12.0. The number of ketones is 1. The van der Waals surface area contributed by atoms with Gasteiger partial charge in [-0.3, -0.25) is 4.79 Å². The Morgan fingerprint density at radius 1 is 1.25 bits per heavy atom. The molecule has 0 aliphatic heterocycles. The molecule has 0 radical (unpaired) electrons. The van der Waals surface area contributed by atoms with E-state index in [0.717, 1.165) is 5.52 Å². The number of aromatic nitrogens is 1. The summed E-state index contributed by atoms with van der Waals surface area (Å²) >= 11 is 18.1. The minimum absolute atomic E-state index is 0.103. The predicted molar refractivity (Wildman–Crippen MR) is 68.0 cm³/mol. The molecule has 0 atom stereocenters. The fourth-order valence-corrected chi connectivity index (χ4v) is 2.75. The highest BCUT2D eigenvalue weighted by molar-refractivity contribution is 6.41. The van der Waals surface area contributed by atoms with Crippen LogP contribution in [-0.2, 0) is 7.05 Å². The number of halogens is 3. The molecule has 1 aromatic carbocycles. The van der Waals surface area contributed by atoms with Crippen molar-refractivity contribution in [2.45, 2.75) is 6.92 Å². The summed E-state index contributed by atoms with van der Waals surface area (Å²) in [5, 5.41) is 2.05. The maximum atomic E-state index is 11.5. The van der Waals surface area contributed by atoms with Crippen molar-refractivity contribution in [2.24, 2.45) is 7.05 Å². The summed E-state index contributed by atoms with van der Waals surface area (Å²) in [4.78, 5) is 11.5. The van der Waals surface area contributed by atoms with E-state index in [1.165, 1.54) is 6.92 Å². The summed E-state index contributed by atoms with van der Waals surface area (Å²) in [5.41, 5.74) is 1.19. The summed E-state index contributed by atoms with van der Waals surface area (Å²) in [6.07, 6.45) is 0. The molecule has 2 nitrogen and oxygen atoms in total. The molecule has 0 fully saturated rings. The van der Waals surface area contributed by atoms with E-state index in [-0.39, 0.29) is 5.78 Å². The van der Waals surface area contributed by atoms with Gasteiger partial charge in [0.2, 0.25) is 0 Å². The Labute approximate surface area is 108 Å². The largest absolute Gasteiger partial charge is 0.333 e. The summed E-state index contributed by atoms with van der Waals surface area (Å²) in [6.45, 7) is 1.47. The van der Waals surface area contributed by atoms with Gasteiger partial charge in [0.25, 0.3) is 0 Å². The van der Waals surface area contributed by atoms with Gasteiger partial charge >= 0.3 is 0 Å². The van der Waals surface area contributed by atoms with Crippen molar-refractivity contribution >= 4 is 51.5 Å². The molecule has 84 valence electrons. The van der Waals surface area contributed by atoms with Crippen LogP contribution in [0.4, 0.5) is 0 Å². The second kappa shape index (κ2) is 3.95. The van der Waals surface area contributed by atoms with Gasteiger partial charge in [0, 0.05) is 17.5 Å². The van der Waals surface area contributed by atoms with Gasteiger partial charge in [-0.2, -0.15) is 0 Å². The van der Waals surface area contributed by atoms with Gasteiger partial charge in [-0.15, -0.1) is 0 Å². The summed E-state index contributed by atoms with van der Waals surface area (Å²) in [6, 6.07) is 3.33. The number of carbonyl (C=O) groups is 1. The topological polar surface area (TPSA) is 22.0 Å². The van der Waals surface area contributed by atoms with Crippen LogP contribution >= 0.6 is 34.8 Å². The van der Waals surface area contributed by atoms with Crippen LogP contribution in [0, 0.1) is 0 Å². The molecule has 0 unspecified atom stereocenters. The number of benzene rings is 1.